The highest BCUT2D eigenvalue weighted by atomic mass is 16.5. The minimum atomic E-state index is -0.374. The Bertz CT molecular complexity index is 2040. The first-order valence-electron chi connectivity index (χ1n) is 16.9. The first-order chi connectivity index (χ1) is 24.4. The summed E-state index contributed by atoms with van der Waals surface area (Å²) in [6, 6.07) is 53.1. The molecule has 0 atom stereocenters. The van der Waals surface area contributed by atoms with Crippen LogP contribution in [0.4, 0.5) is 34.1 Å². The molecule has 0 unspecified atom stereocenters. The number of para-hydroxylation sites is 1. The van der Waals surface area contributed by atoms with Crippen LogP contribution >= 0.6 is 0 Å². The van der Waals surface area contributed by atoms with Crippen LogP contribution in [0.15, 0.2) is 164 Å². The number of rotatable bonds is 13. The Morgan fingerprint density at radius 3 is 1.44 bits per heavy atom. The quantitative estimate of drug-likeness (QED) is 0.0702. The molecule has 0 amide bonds. The number of carbonyl (C=O) groups excluding carboxylic acids is 1. The summed E-state index contributed by atoms with van der Waals surface area (Å²) < 4.78 is 11.1. The van der Waals surface area contributed by atoms with Gasteiger partial charge < -0.3 is 19.3 Å². The number of hydrogen-bond acceptors (Lipinski definition) is 5. The van der Waals surface area contributed by atoms with Crippen molar-refractivity contribution in [1.82, 2.24) is 0 Å². The van der Waals surface area contributed by atoms with Crippen LogP contribution in [0.5, 0.6) is 5.75 Å². The van der Waals surface area contributed by atoms with Crippen LogP contribution < -0.4 is 14.5 Å². The van der Waals surface area contributed by atoms with E-state index in [1.54, 1.807) is 6.92 Å². The molecule has 0 bridgehead atoms. The number of hydrogen-bond donors (Lipinski definition) is 0. The van der Waals surface area contributed by atoms with Crippen LogP contribution in [0.2, 0.25) is 0 Å². The Morgan fingerprint density at radius 1 is 0.540 bits per heavy atom. The van der Waals surface area contributed by atoms with Crippen molar-refractivity contribution >= 4 is 40.1 Å². The molecule has 0 aromatic heterocycles. The van der Waals surface area contributed by atoms with E-state index < -0.39 is 0 Å². The molecule has 0 fully saturated rings. The zero-order valence-corrected chi connectivity index (χ0v) is 28.9. The highest BCUT2D eigenvalue weighted by Gasteiger charge is 2.15. The predicted molar refractivity (Wildman–Crippen MR) is 207 cm³/mol. The fourth-order valence-corrected chi connectivity index (χ4v) is 5.84. The molecule has 0 radical (unpaired) electrons. The molecule has 250 valence electrons. The van der Waals surface area contributed by atoms with E-state index in [1.165, 1.54) is 11.1 Å². The predicted octanol–water partition coefficient (Wildman–Crippen LogP) is 11.8. The molecule has 0 saturated heterocycles. The lowest BCUT2D eigenvalue weighted by atomic mass is 10.0. The first kappa shape index (κ1) is 33.8. The van der Waals surface area contributed by atoms with Crippen LogP contribution in [0.25, 0.3) is 11.1 Å². The lowest BCUT2D eigenvalue weighted by Gasteiger charge is -2.26. The van der Waals surface area contributed by atoms with Crippen molar-refractivity contribution in [2.24, 2.45) is 0 Å². The molecular formula is C45H42N2O3. The van der Waals surface area contributed by atoms with Crippen molar-refractivity contribution in [1.29, 1.82) is 0 Å². The average Bonchev–Trinajstić information content (AvgIpc) is 3.13. The molecule has 5 heteroatoms. The Hall–Kier alpha value is -6.07. The highest BCUT2D eigenvalue weighted by molar-refractivity contribution is 5.87. The summed E-state index contributed by atoms with van der Waals surface area (Å²) in [5.41, 5.74) is 11.6. The minimum absolute atomic E-state index is 0.296. The van der Waals surface area contributed by atoms with E-state index in [4.69, 9.17) is 9.47 Å². The maximum Gasteiger partial charge on any atom is 0.333 e. The fraction of sp³-hybridized carbons (Fsp3) is 0.133. The number of anilines is 6. The van der Waals surface area contributed by atoms with Crippen molar-refractivity contribution in [3.8, 4) is 16.9 Å². The van der Waals surface area contributed by atoms with Crippen LogP contribution in [-0.2, 0) is 9.53 Å². The lowest BCUT2D eigenvalue weighted by Crippen LogP contribution is -2.10. The van der Waals surface area contributed by atoms with Crippen molar-refractivity contribution in [2.45, 2.75) is 27.2 Å². The molecule has 0 saturated carbocycles. The molecule has 5 nitrogen and oxygen atoms in total. The summed E-state index contributed by atoms with van der Waals surface area (Å²) in [6.45, 7) is 10.2. The zero-order valence-electron chi connectivity index (χ0n) is 28.9. The van der Waals surface area contributed by atoms with Crippen LogP contribution in [-0.4, -0.2) is 19.2 Å². The van der Waals surface area contributed by atoms with Crippen LogP contribution in [0.1, 0.15) is 24.5 Å². The molecule has 0 N–H and O–H groups in total. The number of esters is 1. The SMILES string of the molecule is C=C(C)C(=O)OCCCOc1ccc(N(c2ccc(-c3ccc(N(c4ccccc4)c4cccc(C)c4)cc3)cc2)c2cccc(C)c2)cc1. The minimum Gasteiger partial charge on any atom is -0.493 e. The van der Waals surface area contributed by atoms with Crippen molar-refractivity contribution in [3.63, 3.8) is 0 Å². The van der Waals surface area contributed by atoms with E-state index in [0.29, 0.717) is 25.2 Å². The van der Waals surface area contributed by atoms with Crippen molar-refractivity contribution in [3.05, 3.63) is 175 Å². The van der Waals surface area contributed by atoms with Gasteiger partial charge in [-0.1, -0.05) is 73.3 Å². The van der Waals surface area contributed by atoms with Gasteiger partial charge in [0, 0.05) is 46.1 Å². The second-order valence-electron chi connectivity index (χ2n) is 12.4. The van der Waals surface area contributed by atoms with Crippen molar-refractivity contribution < 1.29 is 14.3 Å². The molecular weight excluding hydrogens is 617 g/mol. The number of ether oxygens (including phenoxy) is 2. The molecule has 0 aliphatic heterocycles. The highest BCUT2D eigenvalue weighted by Crippen LogP contribution is 2.38. The van der Waals surface area contributed by atoms with Gasteiger partial charge in [-0.25, -0.2) is 4.79 Å². The molecule has 0 aliphatic carbocycles. The van der Waals surface area contributed by atoms with E-state index in [0.717, 1.165) is 51.0 Å². The third-order valence-corrected chi connectivity index (χ3v) is 8.35. The third-order valence-electron chi connectivity index (χ3n) is 8.35. The molecule has 0 aliphatic rings. The van der Waals surface area contributed by atoms with E-state index >= 15 is 0 Å². The van der Waals surface area contributed by atoms with Crippen LogP contribution in [0.3, 0.4) is 0 Å². The van der Waals surface area contributed by atoms with Gasteiger partial charge in [-0.3, -0.25) is 0 Å². The van der Waals surface area contributed by atoms with Gasteiger partial charge in [0.05, 0.1) is 13.2 Å². The summed E-state index contributed by atoms with van der Waals surface area (Å²) in [4.78, 5) is 16.1. The van der Waals surface area contributed by atoms with Gasteiger partial charge >= 0.3 is 5.97 Å². The number of aryl methyl sites for hydroxylation is 2. The normalized spacial score (nSPS) is 10.7. The molecule has 6 aromatic rings. The third kappa shape index (κ3) is 8.31. The average molecular weight is 659 g/mol. The van der Waals surface area contributed by atoms with E-state index in [2.05, 4.69) is 164 Å². The molecule has 6 rings (SSSR count). The molecule has 0 heterocycles. The summed E-state index contributed by atoms with van der Waals surface area (Å²) in [6.07, 6.45) is 0.600. The smallest absolute Gasteiger partial charge is 0.333 e. The summed E-state index contributed by atoms with van der Waals surface area (Å²) in [7, 11) is 0. The van der Waals surface area contributed by atoms with E-state index in [9.17, 15) is 4.79 Å². The molecule has 0 spiro atoms. The van der Waals surface area contributed by atoms with Crippen molar-refractivity contribution in [2.75, 3.05) is 23.0 Å². The van der Waals surface area contributed by atoms with Crippen LogP contribution in [0, 0.1) is 13.8 Å². The summed E-state index contributed by atoms with van der Waals surface area (Å²) in [5, 5.41) is 0. The van der Waals surface area contributed by atoms with Gasteiger partial charge in [-0.15, -0.1) is 0 Å². The van der Waals surface area contributed by atoms with Gasteiger partial charge in [0.2, 0.25) is 0 Å². The maximum absolute atomic E-state index is 11.6. The second-order valence-corrected chi connectivity index (χ2v) is 12.4. The second kappa shape index (κ2) is 15.9. The fourth-order valence-electron chi connectivity index (χ4n) is 5.84. The Balaban J connectivity index is 1.21. The van der Waals surface area contributed by atoms with Gasteiger partial charge in [0.1, 0.15) is 5.75 Å². The summed E-state index contributed by atoms with van der Waals surface area (Å²) in [5.74, 6) is 0.386. The molecule has 6 aromatic carbocycles. The summed E-state index contributed by atoms with van der Waals surface area (Å²) >= 11 is 0. The van der Waals surface area contributed by atoms with Gasteiger partial charge in [-0.05, 0) is 128 Å². The largest absolute Gasteiger partial charge is 0.493 e. The number of nitrogens with zero attached hydrogens (tertiary/aromatic N) is 2. The molecule has 50 heavy (non-hydrogen) atoms. The number of carbonyl (C=O) groups is 1. The zero-order chi connectivity index (χ0) is 34.9. The van der Waals surface area contributed by atoms with Gasteiger partial charge in [0.25, 0.3) is 0 Å². The van der Waals surface area contributed by atoms with E-state index in [1.807, 2.05) is 18.2 Å². The Labute approximate surface area is 295 Å². The van der Waals surface area contributed by atoms with E-state index in [-0.39, 0.29) is 5.97 Å². The monoisotopic (exact) mass is 658 g/mol. The Morgan fingerprint density at radius 2 is 0.980 bits per heavy atom. The number of benzene rings is 6. The van der Waals surface area contributed by atoms with Gasteiger partial charge in [0.15, 0.2) is 0 Å². The topological polar surface area (TPSA) is 42.0 Å². The standard InChI is InChI=1S/C45H42N2O3/c1-33(2)45(48)50-30-10-29-49-44-27-25-41(26-28-44)47(43-16-9-12-35(4)32-43)40-23-19-37(20-24-40)36-17-21-39(22-18-36)46(38-13-6-5-7-14-38)42-15-8-11-34(3)31-42/h5-9,11-28,31-32H,1,10,29-30H2,2-4H3. The maximum atomic E-state index is 11.6. The Kier molecular flexibility index (Phi) is 10.7. The van der Waals surface area contributed by atoms with Gasteiger partial charge in [-0.2, -0.15) is 0 Å². The lowest BCUT2D eigenvalue weighted by molar-refractivity contribution is -0.139. The first-order valence-corrected chi connectivity index (χ1v) is 16.9.